The van der Waals surface area contributed by atoms with E-state index in [2.05, 4.69) is 21.8 Å². The maximum absolute atomic E-state index is 14.5. The maximum atomic E-state index is 14.5. The quantitative estimate of drug-likeness (QED) is 0.337. The van der Waals surface area contributed by atoms with Gasteiger partial charge in [0.25, 0.3) is 0 Å². The third-order valence-corrected chi connectivity index (χ3v) is 4.83. The lowest BCUT2D eigenvalue weighted by Crippen LogP contribution is -2.33. The Morgan fingerprint density at radius 1 is 1.24 bits per heavy atom. The molecule has 0 saturated heterocycles. The molecular formula is C25H24FN3O4. The summed E-state index contributed by atoms with van der Waals surface area (Å²) in [6.45, 7) is 2.30. The van der Waals surface area contributed by atoms with Crippen LogP contribution >= 0.6 is 0 Å². The van der Waals surface area contributed by atoms with Gasteiger partial charge in [-0.2, -0.15) is 0 Å². The van der Waals surface area contributed by atoms with Crippen molar-refractivity contribution in [2.75, 3.05) is 27.2 Å². The molecule has 8 heteroatoms. The zero-order valence-electron chi connectivity index (χ0n) is 18.6. The van der Waals surface area contributed by atoms with E-state index >= 15 is 0 Å². The van der Waals surface area contributed by atoms with Crippen molar-refractivity contribution in [1.29, 1.82) is 0 Å². The fourth-order valence-electron chi connectivity index (χ4n) is 3.06. The van der Waals surface area contributed by atoms with E-state index in [4.69, 9.17) is 4.74 Å². The van der Waals surface area contributed by atoms with E-state index in [-0.39, 0.29) is 35.4 Å². The SMILES string of the molecule is CCOC(=O)c1nc(-c2cccc(C#C[C@@](O)(C=O)CCN(C)C)c2)nc2c(F)cccc12. The zero-order chi connectivity index (χ0) is 24.0. The molecule has 170 valence electrons. The van der Waals surface area contributed by atoms with Gasteiger partial charge < -0.3 is 14.7 Å². The van der Waals surface area contributed by atoms with Gasteiger partial charge in [0.05, 0.1) is 6.61 Å². The summed E-state index contributed by atoms with van der Waals surface area (Å²) in [4.78, 5) is 34.3. The first-order valence-electron chi connectivity index (χ1n) is 10.4. The van der Waals surface area contributed by atoms with Crippen molar-refractivity contribution in [3.8, 4) is 23.2 Å². The average Bonchev–Trinajstić information content (AvgIpc) is 2.81. The van der Waals surface area contributed by atoms with Crippen LogP contribution < -0.4 is 0 Å². The van der Waals surface area contributed by atoms with E-state index in [9.17, 15) is 19.1 Å². The van der Waals surface area contributed by atoms with Crippen LogP contribution in [0, 0.1) is 17.7 Å². The summed E-state index contributed by atoms with van der Waals surface area (Å²) < 4.78 is 19.6. The number of rotatable bonds is 7. The van der Waals surface area contributed by atoms with E-state index in [1.54, 1.807) is 37.3 Å². The number of carbonyl (C=O) groups excluding carboxylic acids is 2. The van der Waals surface area contributed by atoms with Crippen LogP contribution in [0.5, 0.6) is 0 Å². The number of aldehydes is 1. The van der Waals surface area contributed by atoms with Crippen molar-refractivity contribution in [3.05, 3.63) is 59.5 Å². The lowest BCUT2D eigenvalue weighted by molar-refractivity contribution is -0.119. The number of carbonyl (C=O) groups is 2. The van der Waals surface area contributed by atoms with Gasteiger partial charge in [-0.15, -0.1) is 0 Å². The number of fused-ring (bicyclic) bond motifs is 1. The Hall–Kier alpha value is -3.67. The van der Waals surface area contributed by atoms with Gasteiger partial charge in [-0.05, 0) is 39.2 Å². The first-order valence-corrected chi connectivity index (χ1v) is 10.4. The molecule has 0 saturated carbocycles. The summed E-state index contributed by atoms with van der Waals surface area (Å²) in [7, 11) is 3.66. The second kappa shape index (κ2) is 10.3. The molecule has 1 atom stereocenters. The summed E-state index contributed by atoms with van der Waals surface area (Å²) in [6, 6.07) is 11.0. The van der Waals surface area contributed by atoms with Crippen molar-refractivity contribution in [2.24, 2.45) is 0 Å². The molecular weight excluding hydrogens is 425 g/mol. The third kappa shape index (κ3) is 5.77. The molecule has 0 aliphatic carbocycles. The summed E-state index contributed by atoms with van der Waals surface area (Å²) in [5, 5.41) is 10.7. The van der Waals surface area contributed by atoms with Crippen LogP contribution in [0.3, 0.4) is 0 Å². The van der Waals surface area contributed by atoms with Crippen LogP contribution in [0.15, 0.2) is 42.5 Å². The molecule has 33 heavy (non-hydrogen) atoms. The molecule has 1 N–H and O–H groups in total. The molecule has 0 unspecified atom stereocenters. The van der Waals surface area contributed by atoms with Gasteiger partial charge in [0.2, 0.25) is 0 Å². The smallest absolute Gasteiger partial charge is 0.357 e. The first-order chi connectivity index (χ1) is 15.8. The van der Waals surface area contributed by atoms with E-state index < -0.39 is 17.4 Å². The number of hydrogen-bond donors (Lipinski definition) is 1. The minimum Gasteiger partial charge on any atom is -0.461 e. The van der Waals surface area contributed by atoms with Gasteiger partial charge in [0, 0.05) is 29.5 Å². The predicted octanol–water partition coefficient (Wildman–Crippen LogP) is 2.85. The summed E-state index contributed by atoms with van der Waals surface area (Å²) in [5.74, 6) is 4.28. The van der Waals surface area contributed by atoms with Crippen LogP contribution in [0.25, 0.3) is 22.3 Å². The Morgan fingerprint density at radius 3 is 2.70 bits per heavy atom. The topological polar surface area (TPSA) is 92.6 Å². The van der Waals surface area contributed by atoms with Gasteiger partial charge in [0.1, 0.15) is 11.3 Å². The van der Waals surface area contributed by atoms with Crippen LogP contribution in [-0.4, -0.2) is 65.1 Å². The van der Waals surface area contributed by atoms with Crippen LogP contribution in [-0.2, 0) is 9.53 Å². The van der Waals surface area contributed by atoms with Crippen LogP contribution in [0.2, 0.25) is 0 Å². The molecule has 0 aliphatic heterocycles. The highest BCUT2D eigenvalue weighted by molar-refractivity contribution is 6.02. The van der Waals surface area contributed by atoms with Crippen LogP contribution in [0.4, 0.5) is 4.39 Å². The molecule has 2 aromatic carbocycles. The number of hydrogen-bond acceptors (Lipinski definition) is 7. The molecule has 7 nitrogen and oxygen atoms in total. The van der Waals surface area contributed by atoms with Crippen molar-refractivity contribution < 1.29 is 23.8 Å². The fourth-order valence-corrected chi connectivity index (χ4v) is 3.06. The van der Waals surface area contributed by atoms with Gasteiger partial charge in [-0.3, -0.25) is 4.79 Å². The normalized spacial score (nSPS) is 12.7. The number of para-hydroxylation sites is 1. The zero-order valence-corrected chi connectivity index (χ0v) is 18.6. The van der Waals surface area contributed by atoms with E-state index in [0.717, 1.165) is 0 Å². The Bertz CT molecular complexity index is 1250. The summed E-state index contributed by atoms with van der Waals surface area (Å²) in [6.07, 6.45) is 0.584. The first kappa shape index (κ1) is 24.0. The number of esters is 1. The monoisotopic (exact) mass is 449 g/mol. The number of aliphatic hydroxyl groups is 1. The molecule has 1 heterocycles. The minimum atomic E-state index is -1.78. The second-order valence-corrected chi connectivity index (χ2v) is 7.68. The number of nitrogens with zero attached hydrogens (tertiary/aromatic N) is 3. The largest absolute Gasteiger partial charge is 0.461 e. The number of halogens is 1. The van der Waals surface area contributed by atoms with Crippen molar-refractivity contribution >= 4 is 23.2 Å². The molecule has 0 fully saturated rings. The highest BCUT2D eigenvalue weighted by Crippen LogP contribution is 2.25. The highest BCUT2D eigenvalue weighted by atomic mass is 19.1. The summed E-state index contributed by atoms with van der Waals surface area (Å²) in [5.41, 5.74) is -0.833. The Kier molecular flexibility index (Phi) is 7.48. The van der Waals surface area contributed by atoms with Crippen molar-refractivity contribution in [3.63, 3.8) is 0 Å². The average molecular weight is 449 g/mol. The fraction of sp³-hybridized carbons (Fsp3) is 0.280. The minimum absolute atomic E-state index is 0.000978. The van der Waals surface area contributed by atoms with Gasteiger partial charge in [-0.1, -0.05) is 36.1 Å². The number of aromatic nitrogens is 2. The Labute approximate surface area is 191 Å². The second-order valence-electron chi connectivity index (χ2n) is 7.68. The molecule has 0 amide bonds. The number of ether oxygens (including phenoxy) is 1. The number of benzene rings is 2. The Balaban J connectivity index is 2.04. The predicted molar refractivity (Wildman–Crippen MR) is 122 cm³/mol. The van der Waals surface area contributed by atoms with Gasteiger partial charge in [0.15, 0.2) is 23.4 Å². The molecule has 0 spiro atoms. The van der Waals surface area contributed by atoms with E-state index in [1.165, 1.54) is 12.1 Å². The van der Waals surface area contributed by atoms with Gasteiger partial charge >= 0.3 is 5.97 Å². The molecule has 0 radical (unpaired) electrons. The summed E-state index contributed by atoms with van der Waals surface area (Å²) >= 11 is 0. The Morgan fingerprint density at radius 2 is 2.00 bits per heavy atom. The maximum Gasteiger partial charge on any atom is 0.357 e. The lowest BCUT2D eigenvalue weighted by atomic mass is 10.0. The van der Waals surface area contributed by atoms with E-state index in [1.807, 2.05) is 19.0 Å². The molecule has 0 bridgehead atoms. The third-order valence-electron chi connectivity index (χ3n) is 4.83. The van der Waals surface area contributed by atoms with Gasteiger partial charge in [-0.25, -0.2) is 19.2 Å². The molecule has 3 rings (SSSR count). The molecule has 0 aliphatic rings. The van der Waals surface area contributed by atoms with Crippen molar-refractivity contribution in [1.82, 2.24) is 14.9 Å². The molecule has 3 aromatic rings. The standard InChI is InChI=1S/C25H24FN3O4/c1-4-33-24(31)22-19-9-6-10-20(26)21(19)27-23(28-22)18-8-5-7-17(15-18)11-12-25(32,16-30)13-14-29(2)3/h5-10,15-16,32H,4,13-14H2,1-3H3/t25-/m0/s1. The highest BCUT2D eigenvalue weighted by Gasteiger charge is 2.23. The van der Waals surface area contributed by atoms with Crippen molar-refractivity contribution in [2.45, 2.75) is 18.9 Å². The lowest BCUT2D eigenvalue weighted by Gasteiger charge is -2.17. The van der Waals surface area contributed by atoms with E-state index in [0.29, 0.717) is 24.0 Å². The molecule has 1 aromatic heterocycles. The van der Waals surface area contributed by atoms with Crippen LogP contribution in [0.1, 0.15) is 29.4 Å².